The summed E-state index contributed by atoms with van der Waals surface area (Å²) in [6, 6.07) is 10.1. The zero-order valence-corrected chi connectivity index (χ0v) is 11.6. The highest BCUT2D eigenvalue weighted by atomic mass is 16.5. The molecule has 0 fully saturated rings. The van der Waals surface area contributed by atoms with Crippen molar-refractivity contribution in [3.8, 4) is 5.88 Å². The summed E-state index contributed by atoms with van der Waals surface area (Å²) in [5, 5.41) is 0. The molecule has 100 valence electrons. The van der Waals surface area contributed by atoms with Gasteiger partial charge in [0.15, 0.2) is 0 Å². The van der Waals surface area contributed by atoms with E-state index in [0.29, 0.717) is 11.8 Å². The van der Waals surface area contributed by atoms with E-state index in [4.69, 9.17) is 4.74 Å². The molecule has 0 N–H and O–H groups in total. The fourth-order valence-electron chi connectivity index (χ4n) is 1.92. The number of rotatable bonds is 5. The van der Waals surface area contributed by atoms with Crippen LogP contribution in [0.5, 0.6) is 5.88 Å². The standard InChI is InChI=1S/C15H19N3O/c1-4-18(11-13-8-6-5-7-12(13)2)15-16-10-9-14(17-15)19-3/h5-10H,4,11H2,1-3H3. The fourth-order valence-corrected chi connectivity index (χ4v) is 1.92. The second-order valence-corrected chi connectivity index (χ2v) is 4.34. The highest BCUT2D eigenvalue weighted by molar-refractivity contribution is 5.36. The van der Waals surface area contributed by atoms with Gasteiger partial charge in [-0.1, -0.05) is 24.3 Å². The second kappa shape index (κ2) is 6.18. The maximum absolute atomic E-state index is 5.15. The lowest BCUT2D eigenvalue weighted by molar-refractivity contribution is 0.396. The van der Waals surface area contributed by atoms with Crippen molar-refractivity contribution >= 4 is 5.95 Å². The highest BCUT2D eigenvalue weighted by Crippen LogP contribution is 2.16. The number of aryl methyl sites for hydroxylation is 1. The molecule has 0 aliphatic rings. The van der Waals surface area contributed by atoms with Gasteiger partial charge in [-0.15, -0.1) is 0 Å². The molecule has 0 amide bonds. The van der Waals surface area contributed by atoms with E-state index in [2.05, 4.69) is 53.0 Å². The summed E-state index contributed by atoms with van der Waals surface area (Å²) in [6.07, 6.45) is 1.72. The maximum atomic E-state index is 5.15. The summed E-state index contributed by atoms with van der Waals surface area (Å²) < 4.78 is 5.15. The van der Waals surface area contributed by atoms with E-state index in [1.165, 1.54) is 11.1 Å². The Morgan fingerprint density at radius 2 is 2.00 bits per heavy atom. The molecule has 0 spiro atoms. The molecule has 0 unspecified atom stereocenters. The minimum atomic E-state index is 0.591. The van der Waals surface area contributed by atoms with Crippen molar-refractivity contribution < 1.29 is 4.74 Å². The van der Waals surface area contributed by atoms with Crippen molar-refractivity contribution in [1.29, 1.82) is 0 Å². The van der Waals surface area contributed by atoms with E-state index >= 15 is 0 Å². The van der Waals surface area contributed by atoms with Crippen LogP contribution in [0, 0.1) is 6.92 Å². The lowest BCUT2D eigenvalue weighted by atomic mass is 10.1. The number of nitrogens with zero attached hydrogens (tertiary/aromatic N) is 3. The van der Waals surface area contributed by atoms with Gasteiger partial charge in [0.25, 0.3) is 0 Å². The molecule has 4 nitrogen and oxygen atoms in total. The van der Waals surface area contributed by atoms with Crippen LogP contribution in [0.4, 0.5) is 5.95 Å². The van der Waals surface area contributed by atoms with Gasteiger partial charge in [-0.3, -0.25) is 0 Å². The third kappa shape index (κ3) is 3.22. The lowest BCUT2D eigenvalue weighted by Gasteiger charge is -2.21. The molecule has 4 heteroatoms. The predicted molar refractivity (Wildman–Crippen MR) is 76.5 cm³/mol. The number of hydrogen-bond donors (Lipinski definition) is 0. The van der Waals surface area contributed by atoms with Crippen LogP contribution in [-0.4, -0.2) is 23.6 Å². The molecular formula is C15H19N3O. The maximum Gasteiger partial charge on any atom is 0.228 e. The van der Waals surface area contributed by atoms with Gasteiger partial charge < -0.3 is 9.64 Å². The fraction of sp³-hybridized carbons (Fsp3) is 0.333. The Morgan fingerprint density at radius 3 is 2.68 bits per heavy atom. The number of anilines is 1. The van der Waals surface area contributed by atoms with Crippen LogP contribution in [0.2, 0.25) is 0 Å². The molecular weight excluding hydrogens is 238 g/mol. The van der Waals surface area contributed by atoms with E-state index in [0.717, 1.165) is 13.1 Å². The first-order valence-electron chi connectivity index (χ1n) is 6.41. The molecule has 0 atom stereocenters. The van der Waals surface area contributed by atoms with Crippen molar-refractivity contribution in [2.45, 2.75) is 20.4 Å². The molecule has 2 aromatic rings. The van der Waals surface area contributed by atoms with E-state index < -0.39 is 0 Å². The van der Waals surface area contributed by atoms with Crippen molar-refractivity contribution in [3.63, 3.8) is 0 Å². The molecule has 2 rings (SSSR count). The van der Waals surface area contributed by atoms with E-state index in [1.807, 2.05) is 0 Å². The Bertz CT molecular complexity index is 542. The zero-order valence-electron chi connectivity index (χ0n) is 11.6. The van der Waals surface area contributed by atoms with Gasteiger partial charge in [-0.2, -0.15) is 4.98 Å². The van der Waals surface area contributed by atoms with Crippen molar-refractivity contribution in [2.75, 3.05) is 18.6 Å². The third-order valence-electron chi connectivity index (χ3n) is 3.11. The minimum Gasteiger partial charge on any atom is -0.481 e. The molecule has 0 aliphatic heterocycles. The summed E-state index contributed by atoms with van der Waals surface area (Å²) in [7, 11) is 1.61. The minimum absolute atomic E-state index is 0.591. The quantitative estimate of drug-likeness (QED) is 0.825. The average Bonchev–Trinajstić information content (AvgIpc) is 2.46. The normalized spacial score (nSPS) is 10.3. The van der Waals surface area contributed by atoms with Crippen LogP contribution in [0.15, 0.2) is 36.5 Å². The first-order chi connectivity index (χ1) is 9.24. The molecule has 0 saturated heterocycles. The monoisotopic (exact) mass is 257 g/mol. The van der Waals surface area contributed by atoms with Crippen LogP contribution >= 0.6 is 0 Å². The Hall–Kier alpha value is -2.10. The van der Waals surface area contributed by atoms with Gasteiger partial charge in [0.05, 0.1) is 7.11 Å². The Labute approximate surface area is 114 Å². The van der Waals surface area contributed by atoms with Crippen LogP contribution < -0.4 is 9.64 Å². The Balaban J connectivity index is 2.22. The van der Waals surface area contributed by atoms with Crippen molar-refractivity contribution in [1.82, 2.24) is 9.97 Å². The van der Waals surface area contributed by atoms with Gasteiger partial charge in [0.2, 0.25) is 11.8 Å². The molecule has 19 heavy (non-hydrogen) atoms. The number of ether oxygens (including phenoxy) is 1. The number of aromatic nitrogens is 2. The van der Waals surface area contributed by atoms with Gasteiger partial charge in [-0.05, 0) is 25.0 Å². The summed E-state index contributed by atoms with van der Waals surface area (Å²) in [6.45, 7) is 5.87. The van der Waals surface area contributed by atoms with Gasteiger partial charge in [0, 0.05) is 25.4 Å². The first kappa shape index (κ1) is 13.3. The molecule has 0 saturated carbocycles. The van der Waals surface area contributed by atoms with E-state index in [9.17, 15) is 0 Å². The first-order valence-corrected chi connectivity index (χ1v) is 6.41. The summed E-state index contributed by atoms with van der Waals surface area (Å²) in [5.74, 6) is 1.29. The van der Waals surface area contributed by atoms with Gasteiger partial charge in [-0.25, -0.2) is 4.98 Å². The summed E-state index contributed by atoms with van der Waals surface area (Å²) in [5.41, 5.74) is 2.57. The van der Waals surface area contributed by atoms with E-state index in [-0.39, 0.29) is 0 Å². The molecule has 1 heterocycles. The molecule has 1 aromatic carbocycles. The molecule has 0 bridgehead atoms. The van der Waals surface area contributed by atoms with Crippen LogP contribution in [-0.2, 0) is 6.54 Å². The third-order valence-corrected chi connectivity index (χ3v) is 3.11. The Morgan fingerprint density at radius 1 is 1.21 bits per heavy atom. The Kier molecular flexibility index (Phi) is 4.34. The zero-order chi connectivity index (χ0) is 13.7. The summed E-state index contributed by atoms with van der Waals surface area (Å²) in [4.78, 5) is 10.8. The number of benzene rings is 1. The highest BCUT2D eigenvalue weighted by Gasteiger charge is 2.10. The average molecular weight is 257 g/mol. The molecule has 0 radical (unpaired) electrons. The largest absolute Gasteiger partial charge is 0.481 e. The number of methoxy groups -OCH3 is 1. The SMILES string of the molecule is CCN(Cc1ccccc1C)c1nccc(OC)n1. The van der Waals surface area contributed by atoms with E-state index in [1.54, 1.807) is 19.4 Å². The van der Waals surface area contributed by atoms with Crippen LogP contribution in [0.3, 0.4) is 0 Å². The van der Waals surface area contributed by atoms with Crippen LogP contribution in [0.1, 0.15) is 18.1 Å². The topological polar surface area (TPSA) is 38.2 Å². The van der Waals surface area contributed by atoms with Crippen LogP contribution in [0.25, 0.3) is 0 Å². The smallest absolute Gasteiger partial charge is 0.228 e. The predicted octanol–water partition coefficient (Wildman–Crippen LogP) is 2.82. The molecule has 1 aromatic heterocycles. The van der Waals surface area contributed by atoms with Crippen molar-refractivity contribution in [2.24, 2.45) is 0 Å². The lowest BCUT2D eigenvalue weighted by Crippen LogP contribution is -2.24. The van der Waals surface area contributed by atoms with Gasteiger partial charge in [0.1, 0.15) is 0 Å². The van der Waals surface area contributed by atoms with Gasteiger partial charge >= 0.3 is 0 Å². The second-order valence-electron chi connectivity index (χ2n) is 4.34. The summed E-state index contributed by atoms with van der Waals surface area (Å²) >= 11 is 0. The van der Waals surface area contributed by atoms with Crippen molar-refractivity contribution in [3.05, 3.63) is 47.7 Å². The molecule has 0 aliphatic carbocycles. The number of hydrogen-bond acceptors (Lipinski definition) is 4.